The number of aromatic nitrogens is 2. The van der Waals surface area contributed by atoms with Crippen LogP contribution in [0.1, 0.15) is 25.7 Å². The van der Waals surface area contributed by atoms with Gasteiger partial charge in [-0.25, -0.2) is 0 Å². The number of rotatable bonds is 2. The minimum absolute atomic E-state index is 0.0976. The topological polar surface area (TPSA) is 29.9 Å². The predicted octanol–water partition coefficient (Wildman–Crippen LogP) is 2.95. The Balaban J connectivity index is 1.94. The first-order valence-corrected chi connectivity index (χ1v) is 5.77. The summed E-state index contributed by atoms with van der Waals surface area (Å²) in [6.45, 7) is 0. The molecular weight excluding hydrogens is 231 g/mol. The van der Waals surface area contributed by atoms with Gasteiger partial charge in [0, 0.05) is 19.3 Å². The Morgan fingerprint density at radius 3 is 2.76 bits per heavy atom. The van der Waals surface area contributed by atoms with E-state index >= 15 is 0 Å². The van der Waals surface area contributed by atoms with Gasteiger partial charge in [0.05, 0.1) is 17.8 Å². The quantitative estimate of drug-likeness (QED) is 0.870. The molecule has 2 unspecified atom stereocenters. The SMILES string of the molecule is Cn1cc(NC2CCCC(C(F)(F)F)C2)cn1. The van der Waals surface area contributed by atoms with E-state index in [4.69, 9.17) is 0 Å². The van der Waals surface area contributed by atoms with Crippen molar-refractivity contribution in [3.05, 3.63) is 12.4 Å². The second kappa shape index (κ2) is 4.58. The molecule has 0 bridgehead atoms. The van der Waals surface area contributed by atoms with Gasteiger partial charge >= 0.3 is 6.18 Å². The number of aryl methyl sites for hydroxylation is 1. The molecule has 0 spiro atoms. The lowest BCUT2D eigenvalue weighted by Gasteiger charge is -2.31. The zero-order chi connectivity index (χ0) is 12.5. The average Bonchev–Trinajstić information content (AvgIpc) is 2.63. The summed E-state index contributed by atoms with van der Waals surface area (Å²) in [5, 5.41) is 7.10. The molecule has 1 heterocycles. The van der Waals surface area contributed by atoms with E-state index in [0.29, 0.717) is 6.42 Å². The van der Waals surface area contributed by atoms with Crippen LogP contribution in [0.2, 0.25) is 0 Å². The third kappa shape index (κ3) is 3.14. The van der Waals surface area contributed by atoms with Gasteiger partial charge in [-0.05, 0) is 19.3 Å². The third-order valence-corrected chi connectivity index (χ3v) is 3.21. The Hall–Kier alpha value is -1.20. The molecule has 17 heavy (non-hydrogen) atoms. The molecule has 6 heteroatoms. The molecule has 2 atom stereocenters. The van der Waals surface area contributed by atoms with Gasteiger partial charge in [0.25, 0.3) is 0 Å². The minimum Gasteiger partial charge on any atom is -0.380 e. The minimum atomic E-state index is -4.06. The molecule has 1 aliphatic carbocycles. The van der Waals surface area contributed by atoms with Gasteiger partial charge in [-0.15, -0.1) is 0 Å². The number of halogens is 3. The number of anilines is 1. The van der Waals surface area contributed by atoms with Crippen LogP contribution in [0.5, 0.6) is 0 Å². The molecule has 1 fully saturated rings. The highest BCUT2D eigenvalue weighted by atomic mass is 19.4. The normalized spacial score (nSPS) is 25.9. The van der Waals surface area contributed by atoms with Gasteiger partial charge in [-0.1, -0.05) is 6.42 Å². The number of hydrogen-bond acceptors (Lipinski definition) is 2. The first-order valence-electron chi connectivity index (χ1n) is 5.77. The van der Waals surface area contributed by atoms with Gasteiger partial charge in [-0.3, -0.25) is 4.68 Å². The summed E-state index contributed by atoms with van der Waals surface area (Å²) in [6.07, 6.45) is 1.19. The largest absolute Gasteiger partial charge is 0.391 e. The van der Waals surface area contributed by atoms with Crippen LogP contribution in [0.25, 0.3) is 0 Å². The Bertz CT molecular complexity index is 372. The lowest BCUT2D eigenvalue weighted by atomic mass is 9.85. The van der Waals surface area contributed by atoms with Crippen LogP contribution in [-0.2, 0) is 7.05 Å². The molecule has 0 aromatic carbocycles. The van der Waals surface area contributed by atoms with Crippen molar-refractivity contribution in [2.45, 2.75) is 37.9 Å². The summed E-state index contributed by atoms with van der Waals surface area (Å²) >= 11 is 0. The van der Waals surface area contributed by atoms with E-state index in [2.05, 4.69) is 10.4 Å². The van der Waals surface area contributed by atoms with E-state index in [1.807, 2.05) is 0 Å². The van der Waals surface area contributed by atoms with Gasteiger partial charge < -0.3 is 5.32 Å². The third-order valence-electron chi connectivity index (χ3n) is 3.21. The highest BCUT2D eigenvalue weighted by Crippen LogP contribution is 2.38. The Labute approximate surface area is 98.0 Å². The fourth-order valence-electron chi connectivity index (χ4n) is 2.35. The van der Waals surface area contributed by atoms with Crippen molar-refractivity contribution in [3.8, 4) is 0 Å². The van der Waals surface area contributed by atoms with Crippen molar-refractivity contribution in [2.24, 2.45) is 13.0 Å². The first kappa shape index (κ1) is 12.3. The fourth-order valence-corrected chi connectivity index (χ4v) is 2.35. The first-order chi connectivity index (χ1) is 7.95. The molecule has 1 saturated carbocycles. The molecule has 2 rings (SSSR count). The van der Waals surface area contributed by atoms with Crippen LogP contribution in [0.4, 0.5) is 18.9 Å². The van der Waals surface area contributed by atoms with E-state index in [1.54, 1.807) is 24.1 Å². The lowest BCUT2D eigenvalue weighted by molar-refractivity contribution is -0.182. The zero-order valence-corrected chi connectivity index (χ0v) is 9.67. The second-order valence-electron chi connectivity index (χ2n) is 4.65. The predicted molar refractivity (Wildman–Crippen MR) is 58.6 cm³/mol. The molecule has 0 radical (unpaired) electrons. The summed E-state index contributed by atoms with van der Waals surface area (Å²) in [6, 6.07) is -0.0976. The molecule has 1 aromatic rings. The molecule has 96 valence electrons. The van der Waals surface area contributed by atoms with Crippen LogP contribution in [0.3, 0.4) is 0 Å². The van der Waals surface area contributed by atoms with E-state index in [9.17, 15) is 13.2 Å². The molecule has 1 aromatic heterocycles. The van der Waals surface area contributed by atoms with Crippen LogP contribution in [0, 0.1) is 5.92 Å². The fraction of sp³-hybridized carbons (Fsp3) is 0.727. The summed E-state index contributed by atoms with van der Waals surface area (Å²) in [5.74, 6) is -1.16. The van der Waals surface area contributed by atoms with E-state index in [1.165, 1.54) is 0 Å². The number of nitrogens with zero attached hydrogens (tertiary/aromatic N) is 2. The summed E-state index contributed by atoms with van der Waals surface area (Å²) < 4.78 is 39.5. The summed E-state index contributed by atoms with van der Waals surface area (Å²) in [5.41, 5.74) is 0.792. The standard InChI is InChI=1S/C11H16F3N3/c1-17-7-10(6-15-17)16-9-4-2-3-8(5-9)11(12,13)14/h6-9,16H,2-5H2,1H3. The number of hydrogen-bond donors (Lipinski definition) is 1. The smallest absolute Gasteiger partial charge is 0.380 e. The zero-order valence-electron chi connectivity index (χ0n) is 9.67. The van der Waals surface area contributed by atoms with Crippen LogP contribution in [0.15, 0.2) is 12.4 Å². The maximum atomic E-state index is 12.6. The molecule has 0 aliphatic heterocycles. The van der Waals surface area contributed by atoms with Crippen molar-refractivity contribution in [3.63, 3.8) is 0 Å². The lowest BCUT2D eigenvalue weighted by Crippen LogP contribution is -2.34. The van der Waals surface area contributed by atoms with Crippen molar-refractivity contribution in [1.29, 1.82) is 0 Å². The Kier molecular flexibility index (Phi) is 3.31. The highest BCUT2D eigenvalue weighted by molar-refractivity contribution is 5.39. The van der Waals surface area contributed by atoms with E-state index in [-0.39, 0.29) is 18.9 Å². The van der Waals surface area contributed by atoms with E-state index < -0.39 is 12.1 Å². The summed E-state index contributed by atoms with van der Waals surface area (Å²) in [7, 11) is 1.78. The molecule has 1 N–H and O–H groups in total. The number of nitrogens with one attached hydrogen (secondary N) is 1. The molecule has 0 amide bonds. The molecule has 0 saturated heterocycles. The van der Waals surface area contributed by atoms with Gasteiger partial charge in [0.2, 0.25) is 0 Å². The van der Waals surface area contributed by atoms with Crippen molar-refractivity contribution >= 4 is 5.69 Å². The van der Waals surface area contributed by atoms with Crippen molar-refractivity contribution < 1.29 is 13.2 Å². The second-order valence-corrected chi connectivity index (χ2v) is 4.65. The van der Waals surface area contributed by atoms with Gasteiger partial charge in [-0.2, -0.15) is 18.3 Å². The summed E-state index contributed by atoms with van der Waals surface area (Å²) in [4.78, 5) is 0. The maximum absolute atomic E-state index is 12.6. The van der Waals surface area contributed by atoms with Gasteiger partial charge in [0.15, 0.2) is 0 Å². The monoisotopic (exact) mass is 247 g/mol. The van der Waals surface area contributed by atoms with Crippen LogP contribution >= 0.6 is 0 Å². The Morgan fingerprint density at radius 2 is 2.18 bits per heavy atom. The Morgan fingerprint density at radius 1 is 1.41 bits per heavy atom. The van der Waals surface area contributed by atoms with Crippen molar-refractivity contribution in [1.82, 2.24) is 9.78 Å². The van der Waals surface area contributed by atoms with Crippen LogP contribution < -0.4 is 5.32 Å². The number of alkyl halides is 3. The van der Waals surface area contributed by atoms with Gasteiger partial charge in [0.1, 0.15) is 0 Å². The molecule has 1 aliphatic rings. The van der Waals surface area contributed by atoms with E-state index in [0.717, 1.165) is 12.1 Å². The molecule has 3 nitrogen and oxygen atoms in total. The maximum Gasteiger partial charge on any atom is 0.391 e. The van der Waals surface area contributed by atoms with Crippen LogP contribution in [-0.4, -0.2) is 22.0 Å². The average molecular weight is 247 g/mol. The molecular formula is C11H16F3N3. The highest BCUT2D eigenvalue weighted by Gasteiger charge is 2.42. The van der Waals surface area contributed by atoms with Crippen molar-refractivity contribution in [2.75, 3.05) is 5.32 Å².